The van der Waals surface area contributed by atoms with Crippen LogP contribution in [0.5, 0.6) is 0 Å². The van der Waals surface area contributed by atoms with Crippen molar-refractivity contribution in [2.24, 2.45) is 5.92 Å². The molecule has 3 aromatic rings. The van der Waals surface area contributed by atoms with Gasteiger partial charge in [0.05, 0.1) is 15.9 Å². The zero-order valence-corrected chi connectivity index (χ0v) is 21.2. The first-order valence-corrected chi connectivity index (χ1v) is 13.9. The molecule has 2 amide bonds. The van der Waals surface area contributed by atoms with Crippen LogP contribution in [-0.2, 0) is 32.6 Å². The van der Waals surface area contributed by atoms with Gasteiger partial charge in [-0.2, -0.15) is 4.31 Å². The summed E-state index contributed by atoms with van der Waals surface area (Å²) < 4.78 is 30.4. The number of carbonyl (C=O) groups is 2. The molecule has 1 saturated heterocycles. The number of sulfonamides is 1. The van der Waals surface area contributed by atoms with E-state index in [0.717, 1.165) is 22.3 Å². The lowest BCUT2D eigenvalue weighted by atomic mass is 9.96. The van der Waals surface area contributed by atoms with Gasteiger partial charge in [0.25, 0.3) is 0 Å². The van der Waals surface area contributed by atoms with E-state index in [1.807, 2.05) is 31.2 Å². The second-order valence-corrected chi connectivity index (χ2v) is 11.9. The molecule has 1 atom stereocenters. The second-order valence-electron chi connectivity index (χ2n) is 9.95. The van der Waals surface area contributed by atoms with Gasteiger partial charge in [-0.15, -0.1) is 0 Å². The molecule has 0 aliphatic carbocycles. The zero-order chi connectivity index (χ0) is 25.2. The molecule has 4 heterocycles. The number of nitrogens with zero attached hydrogens (tertiary/aromatic N) is 5. The van der Waals surface area contributed by atoms with Crippen LogP contribution in [0.25, 0.3) is 11.0 Å². The van der Waals surface area contributed by atoms with E-state index in [4.69, 9.17) is 0 Å². The third-order valence-electron chi connectivity index (χ3n) is 7.74. The molecule has 0 N–H and O–H groups in total. The normalized spacial score (nSPS) is 20.7. The Hall–Kier alpha value is -3.24. The molecule has 0 saturated carbocycles. The Kier molecular flexibility index (Phi) is 5.42. The molecule has 1 aromatic heterocycles. The number of benzene rings is 2. The summed E-state index contributed by atoms with van der Waals surface area (Å²) in [6.07, 6.45) is 1.60. The summed E-state index contributed by atoms with van der Waals surface area (Å²) in [7, 11) is -3.68. The van der Waals surface area contributed by atoms with E-state index < -0.39 is 10.0 Å². The van der Waals surface area contributed by atoms with Crippen molar-refractivity contribution in [3.63, 3.8) is 0 Å². The van der Waals surface area contributed by atoms with Crippen molar-refractivity contribution in [1.29, 1.82) is 0 Å². The van der Waals surface area contributed by atoms with Crippen molar-refractivity contribution in [2.75, 3.05) is 29.4 Å². The summed E-state index contributed by atoms with van der Waals surface area (Å²) in [6, 6.07) is 12.9. The third-order valence-corrected chi connectivity index (χ3v) is 9.63. The van der Waals surface area contributed by atoms with E-state index in [0.29, 0.717) is 51.4 Å². The largest absolute Gasteiger partial charge is 0.309 e. The first-order valence-electron chi connectivity index (χ1n) is 12.4. The Labute approximate surface area is 210 Å². The van der Waals surface area contributed by atoms with Crippen LogP contribution >= 0.6 is 0 Å². The predicted molar refractivity (Wildman–Crippen MR) is 136 cm³/mol. The van der Waals surface area contributed by atoms with Gasteiger partial charge in [-0.25, -0.2) is 13.4 Å². The first-order chi connectivity index (χ1) is 17.3. The van der Waals surface area contributed by atoms with Crippen molar-refractivity contribution in [3.05, 3.63) is 48.0 Å². The lowest BCUT2D eigenvalue weighted by molar-refractivity contribution is -0.123. The van der Waals surface area contributed by atoms with Crippen molar-refractivity contribution in [3.8, 4) is 0 Å². The van der Waals surface area contributed by atoms with Crippen LogP contribution in [-0.4, -0.2) is 59.8 Å². The average molecular weight is 508 g/mol. The molecule has 2 aromatic carbocycles. The molecule has 3 aliphatic heterocycles. The molecule has 36 heavy (non-hydrogen) atoms. The van der Waals surface area contributed by atoms with Crippen molar-refractivity contribution < 1.29 is 18.0 Å². The van der Waals surface area contributed by atoms with Gasteiger partial charge < -0.3 is 9.47 Å². The molecule has 6 rings (SSSR count). The number of fused-ring (bicyclic) bond motifs is 4. The Morgan fingerprint density at radius 2 is 1.75 bits per heavy atom. The van der Waals surface area contributed by atoms with Gasteiger partial charge in [-0.1, -0.05) is 12.1 Å². The van der Waals surface area contributed by atoms with Gasteiger partial charge in [-0.05, 0) is 62.1 Å². The van der Waals surface area contributed by atoms with Gasteiger partial charge in [-0.3, -0.25) is 14.5 Å². The third kappa shape index (κ3) is 3.54. The van der Waals surface area contributed by atoms with Crippen LogP contribution in [0.3, 0.4) is 0 Å². The van der Waals surface area contributed by atoms with Crippen LogP contribution in [0.2, 0.25) is 0 Å². The highest BCUT2D eigenvalue weighted by Gasteiger charge is 2.38. The van der Waals surface area contributed by atoms with E-state index in [1.54, 1.807) is 28.0 Å². The van der Waals surface area contributed by atoms with Gasteiger partial charge in [0, 0.05) is 50.7 Å². The van der Waals surface area contributed by atoms with Gasteiger partial charge in [0.2, 0.25) is 27.8 Å². The fourth-order valence-corrected chi connectivity index (χ4v) is 7.48. The number of carbonyl (C=O) groups excluding carboxylic acids is 2. The summed E-state index contributed by atoms with van der Waals surface area (Å²) in [5.74, 6) is 0.435. The molecule has 0 bridgehead atoms. The number of piperidine rings is 1. The minimum Gasteiger partial charge on any atom is -0.309 e. The zero-order valence-electron chi connectivity index (χ0n) is 20.4. The van der Waals surface area contributed by atoms with E-state index >= 15 is 0 Å². The summed E-state index contributed by atoms with van der Waals surface area (Å²) in [4.78, 5) is 33.8. The fraction of sp³-hybridized carbons (Fsp3) is 0.423. The lowest BCUT2D eigenvalue weighted by Crippen LogP contribution is -2.44. The monoisotopic (exact) mass is 507 g/mol. The first kappa shape index (κ1) is 23.2. The highest BCUT2D eigenvalue weighted by molar-refractivity contribution is 7.89. The molecular formula is C26H29N5O4S. The van der Waals surface area contributed by atoms with E-state index in [-0.39, 0.29) is 28.7 Å². The van der Waals surface area contributed by atoms with Crippen LogP contribution in [0, 0.1) is 5.92 Å². The number of imidazole rings is 1. The Morgan fingerprint density at radius 3 is 2.50 bits per heavy atom. The molecule has 188 valence electrons. The van der Waals surface area contributed by atoms with E-state index in [9.17, 15) is 18.0 Å². The molecule has 0 radical (unpaired) electrons. The van der Waals surface area contributed by atoms with E-state index in [2.05, 4.69) is 9.55 Å². The minimum absolute atomic E-state index is 0.0102. The second kappa shape index (κ2) is 8.41. The van der Waals surface area contributed by atoms with E-state index in [1.165, 1.54) is 11.2 Å². The maximum atomic E-state index is 13.4. The molecule has 1 fully saturated rings. The van der Waals surface area contributed by atoms with Crippen LogP contribution < -0.4 is 9.80 Å². The van der Waals surface area contributed by atoms with Gasteiger partial charge >= 0.3 is 0 Å². The number of anilines is 2. The maximum Gasteiger partial charge on any atom is 0.243 e. The Bertz CT molecular complexity index is 1490. The topological polar surface area (TPSA) is 95.8 Å². The smallest absolute Gasteiger partial charge is 0.243 e. The summed E-state index contributed by atoms with van der Waals surface area (Å²) in [5, 5.41) is 0. The van der Waals surface area contributed by atoms with Crippen LogP contribution in [0.4, 0.5) is 11.6 Å². The molecule has 0 spiro atoms. The SMILES string of the molecule is CC(=O)N1c2ccc(S(=O)(=O)N3CCC(C(=O)N4CCn5c4nc4ccccc45)CC3)cc2C[C@@H]1C. The van der Waals surface area contributed by atoms with Crippen molar-refractivity contribution >= 4 is 44.5 Å². The van der Waals surface area contributed by atoms with Gasteiger partial charge in [0.1, 0.15) is 0 Å². The summed E-state index contributed by atoms with van der Waals surface area (Å²) in [6.45, 7) is 5.40. The quantitative estimate of drug-likeness (QED) is 0.543. The number of hydrogen-bond donors (Lipinski definition) is 0. The van der Waals surface area contributed by atoms with Crippen molar-refractivity contribution in [2.45, 2.75) is 50.6 Å². The number of rotatable bonds is 3. The Morgan fingerprint density at radius 1 is 1.00 bits per heavy atom. The predicted octanol–water partition coefficient (Wildman–Crippen LogP) is 2.78. The molecular weight excluding hydrogens is 478 g/mol. The minimum atomic E-state index is -3.68. The number of aromatic nitrogens is 2. The van der Waals surface area contributed by atoms with Crippen molar-refractivity contribution in [1.82, 2.24) is 13.9 Å². The molecule has 9 nitrogen and oxygen atoms in total. The summed E-state index contributed by atoms with van der Waals surface area (Å²) in [5.41, 5.74) is 3.57. The highest BCUT2D eigenvalue weighted by atomic mass is 32.2. The molecule has 10 heteroatoms. The Balaban J connectivity index is 1.16. The lowest BCUT2D eigenvalue weighted by Gasteiger charge is -2.32. The maximum absolute atomic E-state index is 13.4. The van der Waals surface area contributed by atoms with Gasteiger partial charge in [0.15, 0.2) is 0 Å². The molecule has 3 aliphatic rings. The number of hydrogen-bond acceptors (Lipinski definition) is 5. The standard InChI is InChI=1S/C26H29N5O4S/c1-17-15-20-16-21(7-8-23(20)31(17)18(2)32)36(34,35)28-11-9-19(10-12-28)25(33)30-14-13-29-24-6-4-3-5-22(24)27-26(29)30/h3-8,16-17,19H,9-15H2,1-2H3/t17-/m0/s1. The van der Waals surface area contributed by atoms with Crippen LogP contribution in [0.15, 0.2) is 47.4 Å². The van der Waals surface area contributed by atoms with Crippen LogP contribution in [0.1, 0.15) is 32.3 Å². The average Bonchev–Trinajstić information content (AvgIpc) is 3.53. The highest BCUT2D eigenvalue weighted by Crippen LogP contribution is 2.36. The summed E-state index contributed by atoms with van der Waals surface area (Å²) >= 11 is 0. The fourth-order valence-electron chi connectivity index (χ4n) is 5.96. The number of para-hydroxylation sites is 2. The molecule has 0 unspecified atom stereocenters. The number of amides is 2.